The minimum Gasteiger partial charge on any atom is -0.439 e. The maximum absolute atomic E-state index is 13.5. The highest BCUT2D eigenvalue weighted by molar-refractivity contribution is 5.92. The van der Waals surface area contributed by atoms with E-state index < -0.39 is 78.8 Å². The summed E-state index contributed by atoms with van der Waals surface area (Å²) in [6, 6.07) is 1.46. The van der Waals surface area contributed by atoms with E-state index in [1.54, 1.807) is 13.8 Å². The number of halogens is 9. The zero-order chi connectivity index (χ0) is 32.7. The molecule has 16 heteroatoms. The molecule has 1 fully saturated rings. The Balaban J connectivity index is 2.03. The quantitative estimate of drug-likeness (QED) is 0.294. The highest BCUT2D eigenvalue weighted by atomic mass is 19.4. The van der Waals surface area contributed by atoms with Crippen LogP contribution in [0.4, 0.5) is 54.8 Å². The molecule has 43 heavy (non-hydrogen) atoms. The van der Waals surface area contributed by atoms with Crippen molar-refractivity contribution in [2.75, 3.05) is 25.5 Å². The van der Waals surface area contributed by atoms with Crippen LogP contribution in [0, 0.1) is 11.8 Å². The first-order valence-electron chi connectivity index (χ1n) is 13.0. The van der Waals surface area contributed by atoms with Gasteiger partial charge in [0.1, 0.15) is 11.9 Å². The summed E-state index contributed by atoms with van der Waals surface area (Å²) in [7, 11) is 2.91. The molecule has 2 aliphatic rings. The number of rotatable bonds is 7. The van der Waals surface area contributed by atoms with E-state index in [0.717, 1.165) is 17.0 Å². The summed E-state index contributed by atoms with van der Waals surface area (Å²) in [5, 5.41) is 0. The monoisotopic (exact) mass is 631 g/mol. The van der Waals surface area contributed by atoms with E-state index in [0.29, 0.717) is 6.08 Å². The second-order valence-corrected chi connectivity index (χ2v) is 10.9. The van der Waals surface area contributed by atoms with Gasteiger partial charge in [0.2, 0.25) is 0 Å². The molecule has 1 aromatic carbocycles. The Kier molecular flexibility index (Phi) is 9.61. The van der Waals surface area contributed by atoms with Crippen molar-refractivity contribution < 1.29 is 58.6 Å². The number of benzene rings is 1. The largest absolute Gasteiger partial charge is 0.573 e. The van der Waals surface area contributed by atoms with Gasteiger partial charge < -0.3 is 14.4 Å². The van der Waals surface area contributed by atoms with Crippen LogP contribution in [0.3, 0.4) is 0 Å². The van der Waals surface area contributed by atoms with Crippen LogP contribution in [-0.2, 0) is 11.3 Å². The Morgan fingerprint density at radius 3 is 2.23 bits per heavy atom. The summed E-state index contributed by atoms with van der Waals surface area (Å²) >= 11 is 0. The fraction of sp³-hybridized carbons (Fsp3) is 0.556. The number of anilines is 1. The smallest absolute Gasteiger partial charge is 0.439 e. The molecule has 0 saturated carbocycles. The Labute approximate surface area is 241 Å². The summed E-state index contributed by atoms with van der Waals surface area (Å²) < 4.78 is 129. The Hall–Kier alpha value is -3.59. The molecule has 0 N–H and O–H groups in total. The number of carbonyl (C=O) groups excluding carboxylic acids is 2. The van der Waals surface area contributed by atoms with Gasteiger partial charge in [-0.05, 0) is 54.7 Å². The number of amides is 3. The summed E-state index contributed by atoms with van der Waals surface area (Å²) in [4.78, 5) is 29.4. The lowest BCUT2D eigenvalue weighted by Gasteiger charge is -2.31. The SMILES string of the molecule is CC(C)CN(C(=O)N(C)C)c1ccc(OC(F)(F)F)cc1CN1C(=O)O[C@H](C2=CC(C(F)(F)F)=C[C@H](C(F)(F)F)C2)[C@@H]1C. The molecule has 3 rings (SSSR count). The number of hydrogen-bond donors (Lipinski definition) is 0. The average Bonchev–Trinajstić information content (AvgIpc) is 3.13. The van der Waals surface area contributed by atoms with Crippen LogP contribution in [0.2, 0.25) is 0 Å². The first kappa shape index (κ1) is 33.9. The van der Waals surface area contributed by atoms with E-state index in [2.05, 4.69) is 4.74 Å². The van der Waals surface area contributed by atoms with Crippen molar-refractivity contribution in [1.29, 1.82) is 0 Å². The molecule has 1 aromatic rings. The summed E-state index contributed by atoms with van der Waals surface area (Å²) in [5.74, 6) is -3.26. The van der Waals surface area contributed by atoms with Gasteiger partial charge in [0, 0.05) is 20.6 Å². The van der Waals surface area contributed by atoms with Crippen molar-refractivity contribution in [1.82, 2.24) is 9.80 Å². The Bertz CT molecular complexity index is 1270. The van der Waals surface area contributed by atoms with E-state index in [1.807, 2.05) is 0 Å². The zero-order valence-electron chi connectivity index (χ0n) is 23.7. The zero-order valence-corrected chi connectivity index (χ0v) is 23.7. The second kappa shape index (κ2) is 12.2. The summed E-state index contributed by atoms with van der Waals surface area (Å²) in [6.45, 7) is 4.52. The van der Waals surface area contributed by atoms with Crippen molar-refractivity contribution in [3.63, 3.8) is 0 Å². The van der Waals surface area contributed by atoms with Gasteiger partial charge in [-0.25, -0.2) is 9.59 Å². The molecule has 0 unspecified atom stereocenters. The van der Waals surface area contributed by atoms with Gasteiger partial charge >= 0.3 is 30.8 Å². The lowest BCUT2D eigenvalue weighted by Crippen LogP contribution is -2.42. The minimum atomic E-state index is -5.10. The number of alkyl halides is 9. The van der Waals surface area contributed by atoms with Crippen molar-refractivity contribution in [3.05, 3.63) is 47.1 Å². The van der Waals surface area contributed by atoms with Crippen molar-refractivity contribution in [2.24, 2.45) is 11.8 Å². The first-order chi connectivity index (χ1) is 19.6. The Morgan fingerprint density at radius 1 is 1.09 bits per heavy atom. The van der Waals surface area contributed by atoms with E-state index in [4.69, 9.17) is 4.74 Å². The fourth-order valence-corrected chi connectivity index (χ4v) is 4.84. The number of urea groups is 1. The molecule has 0 aromatic heterocycles. The average molecular weight is 632 g/mol. The van der Waals surface area contributed by atoms with Crippen LogP contribution in [-0.4, -0.2) is 73.4 Å². The first-order valence-corrected chi connectivity index (χ1v) is 13.0. The molecular weight excluding hydrogens is 601 g/mol. The molecule has 1 aliphatic heterocycles. The molecular formula is C27H30F9N3O4. The van der Waals surface area contributed by atoms with E-state index in [-0.39, 0.29) is 29.8 Å². The maximum Gasteiger partial charge on any atom is 0.573 e. The van der Waals surface area contributed by atoms with Gasteiger partial charge in [-0.3, -0.25) is 9.80 Å². The predicted molar refractivity (Wildman–Crippen MR) is 136 cm³/mol. The van der Waals surface area contributed by atoms with Crippen molar-refractivity contribution in [2.45, 2.75) is 64.6 Å². The highest BCUT2D eigenvalue weighted by Crippen LogP contribution is 2.43. The van der Waals surface area contributed by atoms with Crippen LogP contribution in [0.1, 0.15) is 32.8 Å². The number of carbonyl (C=O) groups is 2. The van der Waals surface area contributed by atoms with Crippen LogP contribution < -0.4 is 9.64 Å². The molecule has 3 atom stereocenters. The number of hydrogen-bond acceptors (Lipinski definition) is 4. The van der Waals surface area contributed by atoms with Gasteiger partial charge in [-0.15, -0.1) is 13.2 Å². The highest BCUT2D eigenvalue weighted by Gasteiger charge is 2.48. The number of cyclic esters (lactones) is 1. The van der Waals surface area contributed by atoms with Crippen molar-refractivity contribution in [3.8, 4) is 5.75 Å². The van der Waals surface area contributed by atoms with Crippen LogP contribution in [0.25, 0.3) is 0 Å². The van der Waals surface area contributed by atoms with Crippen LogP contribution >= 0.6 is 0 Å². The van der Waals surface area contributed by atoms with Gasteiger partial charge in [-0.2, -0.15) is 26.3 Å². The number of ether oxygens (including phenoxy) is 2. The third-order valence-corrected chi connectivity index (χ3v) is 6.76. The van der Waals surface area contributed by atoms with Crippen LogP contribution in [0.5, 0.6) is 5.75 Å². The molecule has 0 bridgehead atoms. The predicted octanol–water partition coefficient (Wildman–Crippen LogP) is 7.44. The van der Waals surface area contributed by atoms with Gasteiger partial charge in [0.05, 0.1) is 29.8 Å². The molecule has 0 spiro atoms. The summed E-state index contributed by atoms with van der Waals surface area (Å²) in [6.07, 6.45) is -18.1. The third kappa shape index (κ3) is 8.28. The molecule has 240 valence electrons. The Morgan fingerprint density at radius 2 is 1.72 bits per heavy atom. The van der Waals surface area contributed by atoms with Gasteiger partial charge in [0.15, 0.2) is 0 Å². The normalized spacial score (nSPS) is 21.4. The van der Waals surface area contributed by atoms with E-state index >= 15 is 0 Å². The van der Waals surface area contributed by atoms with E-state index in [1.165, 1.54) is 36.9 Å². The summed E-state index contributed by atoms with van der Waals surface area (Å²) in [5.41, 5.74) is -1.85. The maximum atomic E-state index is 13.5. The number of allylic oxidation sites excluding steroid dienone is 3. The molecule has 1 saturated heterocycles. The second-order valence-electron chi connectivity index (χ2n) is 10.9. The molecule has 1 heterocycles. The number of nitrogens with zero attached hydrogens (tertiary/aromatic N) is 3. The van der Waals surface area contributed by atoms with Gasteiger partial charge in [0.25, 0.3) is 0 Å². The van der Waals surface area contributed by atoms with Gasteiger partial charge in [-0.1, -0.05) is 19.9 Å². The lowest BCUT2D eigenvalue weighted by molar-refractivity contribution is -0.274. The molecule has 7 nitrogen and oxygen atoms in total. The standard InChI is InChI=1S/C27H30F9N3O4/c1-14(2)12-39(23(40)37(4)5)21-7-6-20(43-27(34,35)36)10-17(21)13-38-15(3)22(42-24(38)41)16-8-18(25(28,29)30)11-19(9-16)26(31,32)33/h6-8,10-11,14-15,19,22H,9,12-13H2,1-5H3/t15-,19+,22-/m0/s1. The van der Waals surface area contributed by atoms with E-state index in [9.17, 15) is 49.1 Å². The topological polar surface area (TPSA) is 62.3 Å². The fourth-order valence-electron chi connectivity index (χ4n) is 4.84. The molecule has 0 radical (unpaired) electrons. The third-order valence-electron chi connectivity index (χ3n) is 6.76. The minimum absolute atomic E-state index is 0.0104. The lowest BCUT2D eigenvalue weighted by atomic mass is 9.85. The molecule has 1 aliphatic carbocycles. The molecule has 3 amide bonds. The van der Waals surface area contributed by atoms with Crippen LogP contribution in [0.15, 0.2) is 41.5 Å². The van der Waals surface area contributed by atoms with Crippen molar-refractivity contribution >= 4 is 17.8 Å².